The van der Waals surface area contributed by atoms with Crippen molar-refractivity contribution in [2.24, 2.45) is 0 Å². The average Bonchev–Trinajstić information content (AvgIpc) is 2.40. The summed E-state index contributed by atoms with van der Waals surface area (Å²) in [7, 11) is -4.73. The molecule has 0 saturated carbocycles. The minimum Gasteiger partial charge on any atom is -0.391 e. The summed E-state index contributed by atoms with van der Waals surface area (Å²) >= 11 is 0. The van der Waals surface area contributed by atoms with Crippen LogP contribution in [-0.2, 0) is 13.8 Å². The Morgan fingerprint density at radius 2 is 1.94 bits per heavy atom. The van der Waals surface area contributed by atoms with Crippen LogP contribution in [0.4, 0.5) is 0 Å². The molecule has 0 aromatic heterocycles. The fourth-order valence-corrected chi connectivity index (χ4v) is 1.65. The third kappa shape index (κ3) is 2.98. The number of hydrogen-bond donors (Lipinski definition) is 6. The summed E-state index contributed by atoms with van der Waals surface area (Å²) in [5.74, 6) is -2.36. The maximum Gasteiger partial charge on any atom is 0.469 e. The summed E-state index contributed by atoms with van der Waals surface area (Å²) in [5, 5.41) is 36.7. The highest BCUT2D eigenvalue weighted by Gasteiger charge is 2.53. The van der Waals surface area contributed by atoms with Gasteiger partial charge in [0.15, 0.2) is 0 Å². The Bertz CT molecular complexity index is 290. The zero-order valence-electron chi connectivity index (χ0n) is 8.00. The van der Waals surface area contributed by atoms with Crippen molar-refractivity contribution in [2.45, 2.75) is 24.1 Å². The second kappa shape index (κ2) is 4.65. The number of hydrogen-bond acceptors (Lipinski definition) is 7. The molecule has 96 valence electrons. The average molecular weight is 260 g/mol. The van der Waals surface area contributed by atoms with Crippen LogP contribution in [0.15, 0.2) is 0 Å². The highest BCUT2D eigenvalue weighted by atomic mass is 31.2. The zero-order valence-corrected chi connectivity index (χ0v) is 8.90. The molecule has 0 aromatic carbocycles. The summed E-state index contributed by atoms with van der Waals surface area (Å²) in [6.45, 7) is -1.71. The molecule has 0 bridgehead atoms. The number of ether oxygens (including phenoxy) is 1. The summed E-state index contributed by atoms with van der Waals surface area (Å²) in [6.07, 6.45) is -4.76. The van der Waals surface area contributed by atoms with Gasteiger partial charge in [0.1, 0.15) is 18.3 Å². The smallest absolute Gasteiger partial charge is 0.391 e. The van der Waals surface area contributed by atoms with E-state index in [1.165, 1.54) is 0 Å². The topological polar surface area (TPSA) is 157 Å². The first kappa shape index (κ1) is 14.0. The number of phosphoric acid groups is 1. The van der Waals surface area contributed by atoms with Crippen LogP contribution in [0.5, 0.6) is 0 Å². The molecule has 1 rings (SSSR count). The van der Waals surface area contributed by atoms with E-state index in [0.29, 0.717) is 0 Å². The van der Waals surface area contributed by atoms with Crippen LogP contribution in [0.1, 0.15) is 0 Å². The molecular formula is C6H13O9P. The highest BCUT2D eigenvalue weighted by Crippen LogP contribution is 2.38. The van der Waals surface area contributed by atoms with Gasteiger partial charge < -0.3 is 34.9 Å². The predicted molar refractivity (Wildman–Crippen MR) is 46.9 cm³/mol. The molecule has 16 heavy (non-hydrogen) atoms. The molecule has 1 unspecified atom stereocenters. The molecule has 0 spiro atoms. The Morgan fingerprint density at radius 1 is 1.38 bits per heavy atom. The van der Waals surface area contributed by atoms with Crippen molar-refractivity contribution in [2.75, 3.05) is 13.2 Å². The second-order valence-corrected chi connectivity index (χ2v) is 4.62. The van der Waals surface area contributed by atoms with Crippen molar-refractivity contribution in [3.8, 4) is 0 Å². The molecule has 1 saturated heterocycles. The molecule has 1 aliphatic rings. The molecular weight excluding hydrogens is 247 g/mol. The molecule has 6 N–H and O–H groups in total. The van der Waals surface area contributed by atoms with Crippen LogP contribution in [-0.4, -0.2) is 67.5 Å². The maximum absolute atomic E-state index is 10.4. The lowest BCUT2D eigenvalue weighted by Gasteiger charge is -2.22. The number of aliphatic hydroxyl groups excluding tert-OH is 3. The number of rotatable bonds is 4. The Hall–Kier alpha value is -0.0900. The van der Waals surface area contributed by atoms with Crippen molar-refractivity contribution in [3.05, 3.63) is 0 Å². The van der Waals surface area contributed by atoms with E-state index in [2.05, 4.69) is 9.26 Å². The lowest BCUT2D eigenvalue weighted by molar-refractivity contribution is -0.247. The third-order valence-electron chi connectivity index (χ3n) is 2.16. The van der Waals surface area contributed by atoms with Gasteiger partial charge in [0, 0.05) is 0 Å². The largest absolute Gasteiger partial charge is 0.469 e. The summed E-state index contributed by atoms with van der Waals surface area (Å²) in [5.41, 5.74) is 0. The second-order valence-electron chi connectivity index (χ2n) is 3.38. The number of phosphoric ester groups is 1. The molecule has 1 heterocycles. The van der Waals surface area contributed by atoms with Gasteiger partial charge in [-0.2, -0.15) is 0 Å². The minimum absolute atomic E-state index is 0.731. The SMILES string of the molecule is O=P(O)(O)OC[C@H]1O[C@](O)(CO)[C@H](O)C1O. The van der Waals surface area contributed by atoms with Gasteiger partial charge in [0.2, 0.25) is 5.79 Å². The fraction of sp³-hybridized carbons (Fsp3) is 1.00. The van der Waals surface area contributed by atoms with E-state index < -0.39 is 45.1 Å². The first-order chi connectivity index (χ1) is 7.19. The van der Waals surface area contributed by atoms with Gasteiger partial charge in [-0.25, -0.2) is 4.57 Å². The Kier molecular flexibility index (Phi) is 4.06. The van der Waals surface area contributed by atoms with Crippen molar-refractivity contribution >= 4 is 7.82 Å². The van der Waals surface area contributed by atoms with Gasteiger partial charge in [-0.3, -0.25) is 4.52 Å². The zero-order chi connectivity index (χ0) is 12.6. The van der Waals surface area contributed by atoms with Gasteiger partial charge in [-0.05, 0) is 0 Å². The van der Waals surface area contributed by atoms with Crippen LogP contribution in [0.2, 0.25) is 0 Å². The van der Waals surface area contributed by atoms with Crippen LogP contribution in [0.3, 0.4) is 0 Å². The lowest BCUT2D eigenvalue weighted by atomic mass is 10.1. The summed E-state index contributed by atoms with van der Waals surface area (Å²) in [4.78, 5) is 16.8. The van der Waals surface area contributed by atoms with Crippen molar-refractivity contribution in [3.63, 3.8) is 0 Å². The standard InChI is InChI=1S/C6H13O9P/c7-2-6(10)5(9)4(8)3(15-6)1-14-16(11,12)13/h3-5,7-10H,1-2H2,(H2,11,12,13)/t3-,4?,5-,6-/m1/s1. The fourth-order valence-electron chi connectivity index (χ4n) is 1.31. The highest BCUT2D eigenvalue weighted by molar-refractivity contribution is 7.46. The quantitative estimate of drug-likeness (QED) is 0.288. The lowest BCUT2D eigenvalue weighted by Crippen LogP contribution is -2.46. The first-order valence-electron chi connectivity index (χ1n) is 4.27. The van der Waals surface area contributed by atoms with Gasteiger partial charge >= 0.3 is 7.82 Å². The molecule has 10 heteroatoms. The van der Waals surface area contributed by atoms with Gasteiger partial charge in [-0.15, -0.1) is 0 Å². The van der Waals surface area contributed by atoms with E-state index in [4.69, 9.17) is 14.9 Å². The van der Waals surface area contributed by atoms with Gasteiger partial charge in [0.05, 0.1) is 13.2 Å². The molecule has 4 atom stereocenters. The molecule has 0 radical (unpaired) electrons. The van der Waals surface area contributed by atoms with E-state index in [-0.39, 0.29) is 0 Å². The van der Waals surface area contributed by atoms with Gasteiger partial charge in [0.25, 0.3) is 0 Å². The molecule has 1 fully saturated rings. The maximum atomic E-state index is 10.4. The van der Waals surface area contributed by atoms with Crippen LogP contribution in [0.25, 0.3) is 0 Å². The Balaban J connectivity index is 2.61. The monoisotopic (exact) mass is 260 g/mol. The van der Waals surface area contributed by atoms with Crippen LogP contribution < -0.4 is 0 Å². The number of aliphatic hydroxyl groups is 4. The summed E-state index contributed by atoms with van der Waals surface area (Å²) in [6, 6.07) is 0. The normalized spacial score (nSPS) is 40.2. The minimum atomic E-state index is -4.73. The molecule has 0 aromatic rings. The van der Waals surface area contributed by atoms with Crippen molar-refractivity contribution in [1.29, 1.82) is 0 Å². The van der Waals surface area contributed by atoms with E-state index in [9.17, 15) is 19.9 Å². The molecule has 0 aliphatic carbocycles. The Morgan fingerprint density at radius 3 is 2.31 bits per heavy atom. The first-order valence-corrected chi connectivity index (χ1v) is 5.80. The van der Waals surface area contributed by atoms with E-state index in [1.807, 2.05) is 0 Å². The molecule has 1 aliphatic heterocycles. The van der Waals surface area contributed by atoms with Crippen LogP contribution in [0, 0.1) is 0 Å². The van der Waals surface area contributed by atoms with Crippen LogP contribution >= 0.6 is 7.82 Å². The molecule has 0 amide bonds. The Labute approximate surface area is 90.1 Å². The summed E-state index contributed by atoms with van der Waals surface area (Å²) < 4.78 is 19.1. The van der Waals surface area contributed by atoms with E-state index in [0.717, 1.165) is 0 Å². The van der Waals surface area contributed by atoms with Crippen molar-refractivity contribution in [1.82, 2.24) is 0 Å². The third-order valence-corrected chi connectivity index (χ3v) is 2.64. The van der Waals surface area contributed by atoms with E-state index >= 15 is 0 Å². The predicted octanol–water partition coefficient (Wildman–Crippen LogP) is -3.10. The van der Waals surface area contributed by atoms with Gasteiger partial charge in [-0.1, -0.05) is 0 Å². The van der Waals surface area contributed by atoms with E-state index in [1.54, 1.807) is 0 Å². The molecule has 9 nitrogen and oxygen atoms in total. The van der Waals surface area contributed by atoms with Crippen molar-refractivity contribution < 1.29 is 44.0 Å².